The molecule has 2 atom stereocenters. The Hall–Kier alpha value is -1.69. The van der Waals surface area contributed by atoms with Crippen LogP contribution in [-0.2, 0) is 17.6 Å². The van der Waals surface area contributed by atoms with Gasteiger partial charge in [0.25, 0.3) is 0 Å². The monoisotopic (exact) mass is 385 g/mol. The Balaban J connectivity index is 1.30. The van der Waals surface area contributed by atoms with Crippen molar-refractivity contribution in [2.45, 2.75) is 71.3 Å². The van der Waals surface area contributed by atoms with Gasteiger partial charge in [-0.25, -0.2) is 9.97 Å². The maximum atomic E-state index is 12.5. The topological polar surface area (TPSA) is 61.4 Å². The van der Waals surface area contributed by atoms with Crippen LogP contribution in [0.3, 0.4) is 0 Å². The van der Waals surface area contributed by atoms with E-state index in [-0.39, 0.29) is 5.91 Å². The van der Waals surface area contributed by atoms with E-state index in [0.717, 1.165) is 69.4 Å². The number of carbonyl (C=O) groups excluding carboxylic acids is 1. The Labute approximate surface area is 169 Å². The summed E-state index contributed by atoms with van der Waals surface area (Å²) < 4.78 is 0. The molecule has 6 heteroatoms. The number of nitrogens with zero attached hydrogens (tertiary/aromatic N) is 4. The van der Waals surface area contributed by atoms with Gasteiger partial charge < -0.3 is 10.2 Å². The molecule has 28 heavy (non-hydrogen) atoms. The number of aryl methyl sites for hydroxylation is 2. The summed E-state index contributed by atoms with van der Waals surface area (Å²) in [5.74, 6) is 2.98. The summed E-state index contributed by atoms with van der Waals surface area (Å²) in [6.45, 7) is 8.56. The molecule has 1 amide bonds. The summed E-state index contributed by atoms with van der Waals surface area (Å²) in [4.78, 5) is 26.7. The lowest BCUT2D eigenvalue weighted by Crippen LogP contribution is -2.51. The van der Waals surface area contributed by atoms with Crippen molar-refractivity contribution in [2.75, 3.05) is 37.6 Å². The number of rotatable bonds is 4. The highest BCUT2D eigenvalue weighted by Crippen LogP contribution is 2.28. The third-order valence-electron chi connectivity index (χ3n) is 6.61. The molecule has 2 fully saturated rings. The van der Waals surface area contributed by atoms with E-state index in [2.05, 4.69) is 27.0 Å². The van der Waals surface area contributed by atoms with Gasteiger partial charge in [-0.15, -0.1) is 0 Å². The average Bonchev–Trinajstić information content (AvgIpc) is 2.68. The van der Waals surface area contributed by atoms with Crippen molar-refractivity contribution in [3.63, 3.8) is 0 Å². The second-order valence-corrected chi connectivity index (χ2v) is 9.03. The highest BCUT2D eigenvalue weighted by atomic mass is 16.2. The van der Waals surface area contributed by atoms with Crippen LogP contribution in [0.4, 0.5) is 5.82 Å². The molecule has 0 bridgehead atoms. The summed E-state index contributed by atoms with van der Waals surface area (Å²) in [6.07, 6.45) is 9.50. The van der Waals surface area contributed by atoms with Crippen molar-refractivity contribution in [2.24, 2.45) is 5.92 Å². The Morgan fingerprint density at radius 2 is 1.86 bits per heavy atom. The van der Waals surface area contributed by atoms with Gasteiger partial charge in [0.2, 0.25) is 5.91 Å². The quantitative estimate of drug-likeness (QED) is 0.863. The van der Waals surface area contributed by atoms with Crippen molar-refractivity contribution >= 4 is 11.7 Å². The van der Waals surface area contributed by atoms with Crippen LogP contribution in [0.1, 0.15) is 62.5 Å². The molecule has 1 N–H and O–H groups in total. The van der Waals surface area contributed by atoms with Gasteiger partial charge in [-0.1, -0.05) is 19.8 Å². The van der Waals surface area contributed by atoms with Crippen LogP contribution in [0.15, 0.2) is 0 Å². The standard InChI is InChI=1S/C22H35N5O/c1-16-6-5-7-18(14-16)25-21(28)15-26-10-12-27(13-11-26)22-19-8-3-4-9-20(19)23-17(2)24-22/h16,18H,3-15H2,1-2H3,(H,25,28). The van der Waals surface area contributed by atoms with E-state index >= 15 is 0 Å². The van der Waals surface area contributed by atoms with E-state index in [4.69, 9.17) is 4.98 Å². The Morgan fingerprint density at radius 3 is 2.64 bits per heavy atom. The minimum Gasteiger partial charge on any atom is -0.354 e. The van der Waals surface area contributed by atoms with Gasteiger partial charge in [0.1, 0.15) is 11.6 Å². The fourth-order valence-corrected chi connectivity index (χ4v) is 5.12. The van der Waals surface area contributed by atoms with Gasteiger partial charge in [0.15, 0.2) is 0 Å². The predicted molar refractivity (Wildman–Crippen MR) is 112 cm³/mol. The molecule has 154 valence electrons. The van der Waals surface area contributed by atoms with Gasteiger partial charge in [-0.2, -0.15) is 0 Å². The zero-order chi connectivity index (χ0) is 19.5. The lowest BCUT2D eigenvalue weighted by molar-refractivity contribution is -0.123. The van der Waals surface area contributed by atoms with Crippen LogP contribution in [0.2, 0.25) is 0 Å². The van der Waals surface area contributed by atoms with Crippen LogP contribution in [0.5, 0.6) is 0 Å². The van der Waals surface area contributed by atoms with Gasteiger partial charge in [0.05, 0.1) is 6.54 Å². The first-order valence-electron chi connectivity index (χ1n) is 11.2. The lowest BCUT2D eigenvalue weighted by Gasteiger charge is -2.37. The van der Waals surface area contributed by atoms with Crippen molar-refractivity contribution < 1.29 is 4.79 Å². The van der Waals surface area contributed by atoms with Gasteiger partial charge >= 0.3 is 0 Å². The van der Waals surface area contributed by atoms with E-state index < -0.39 is 0 Å². The molecule has 3 aliphatic rings. The van der Waals surface area contributed by atoms with Crippen LogP contribution in [-0.4, -0.2) is 59.5 Å². The maximum absolute atomic E-state index is 12.5. The minimum atomic E-state index is 0.197. The largest absolute Gasteiger partial charge is 0.354 e. The van der Waals surface area contributed by atoms with E-state index in [1.165, 1.54) is 36.9 Å². The van der Waals surface area contributed by atoms with Crippen LogP contribution < -0.4 is 10.2 Å². The fraction of sp³-hybridized carbons (Fsp3) is 0.773. The zero-order valence-electron chi connectivity index (χ0n) is 17.5. The first kappa shape index (κ1) is 19.6. The number of piperazine rings is 1. The van der Waals surface area contributed by atoms with E-state index in [9.17, 15) is 4.79 Å². The highest BCUT2D eigenvalue weighted by molar-refractivity contribution is 5.78. The molecule has 1 aromatic rings. The molecular weight excluding hydrogens is 350 g/mol. The predicted octanol–water partition coefficient (Wildman–Crippen LogP) is 2.48. The van der Waals surface area contributed by atoms with Crippen LogP contribution >= 0.6 is 0 Å². The smallest absolute Gasteiger partial charge is 0.234 e. The van der Waals surface area contributed by atoms with E-state index in [1.54, 1.807) is 0 Å². The number of anilines is 1. The second-order valence-electron chi connectivity index (χ2n) is 9.03. The highest BCUT2D eigenvalue weighted by Gasteiger charge is 2.26. The number of carbonyl (C=O) groups is 1. The summed E-state index contributed by atoms with van der Waals surface area (Å²) in [6, 6.07) is 0.382. The van der Waals surface area contributed by atoms with Crippen molar-refractivity contribution in [3.05, 3.63) is 17.1 Å². The molecule has 2 unspecified atom stereocenters. The Kier molecular flexibility index (Phi) is 6.14. The SMILES string of the molecule is Cc1nc2c(c(N3CCN(CC(=O)NC4CCCC(C)C4)CC3)n1)CCCC2. The van der Waals surface area contributed by atoms with Crippen LogP contribution in [0, 0.1) is 12.8 Å². The first-order valence-corrected chi connectivity index (χ1v) is 11.2. The minimum absolute atomic E-state index is 0.197. The van der Waals surface area contributed by atoms with Crippen molar-refractivity contribution in [1.29, 1.82) is 0 Å². The lowest BCUT2D eigenvalue weighted by atomic mass is 9.87. The molecule has 4 rings (SSSR count). The van der Waals surface area contributed by atoms with Gasteiger partial charge in [-0.3, -0.25) is 9.69 Å². The van der Waals surface area contributed by atoms with E-state index in [0.29, 0.717) is 12.6 Å². The summed E-state index contributed by atoms with van der Waals surface area (Å²) in [7, 11) is 0. The molecule has 0 aromatic carbocycles. The number of hydrogen-bond acceptors (Lipinski definition) is 5. The molecule has 1 aliphatic heterocycles. The summed E-state index contributed by atoms with van der Waals surface area (Å²) >= 11 is 0. The molecule has 2 aliphatic carbocycles. The summed E-state index contributed by atoms with van der Waals surface area (Å²) in [5, 5.41) is 3.27. The second kappa shape index (κ2) is 8.76. The molecule has 1 saturated carbocycles. The average molecular weight is 386 g/mol. The molecule has 1 saturated heterocycles. The van der Waals surface area contributed by atoms with Gasteiger partial charge in [-0.05, 0) is 51.4 Å². The number of fused-ring (bicyclic) bond motifs is 1. The third-order valence-corrected chi connectivity index (χ3v) is 6.61. The molecule has 0 radical (unpaired) electrons. The number of aromatic nitrogens is 2. The van der Waals surface area contributed by atoms with Gasteiger partial charge in [0, 0.05) is 43.5 Å². The molecule has 1 aromatic heterocycles. The Morgan fingerprint density at radius 1 is 1.07 bits per heavy atom. The number of nitrogens with one attached hydrogen (secondary N) is 1. The van der Waals surface area contributed by atoms with Crippen LogP contribution in [0.25, 0.3) is 0 Å². The molecular formula is C22H35N5O. The molecule has 6 nitrogen and oxygen atoms in total. The maximum Gasteiger partial charge on any atom is 0.234 e. The molecule has 0 spiro atoms. The Bertz CT molecular complexity index is 698. The first-order chi connectivity index (χ1) is 13.6. The fourth-order valence-electron chi connectivity index (χ4n) is 5.12. The number of amides is 1. The van der Waals surface area contributed by atoms with Crippen molar-refractivity contribution in [3.8, 4) is 0 Å². The normalized spacial score (nSPS) is 26.0. The van der Waals surface area contributed by atoms with E-state index in [1.807, 2.05) is 6.92 Å². The number of hydrogen-bond donors (Lipinski definition) is 1. The molecule has 2 heterocycles. The zero-order valence-corrected chi connectivity index (χ0v) is 17.5. The van der Waals surface area contributed by atoms with Crippen molar-refractivity contribution in [1.82, 2.24) is 20.2 Å². The summed E-state index contributed by atoms with van der Waals surface area (Å²) in [5.41, 5.74) is 2.63. The third kappa shape index (κ3) is 4.65.